The van der Waals surface area contributed by atoms with Crippen LogP contribution in [0, 0.1) is 0 Å². The molecule has 0 aliphatic rings. The number of fused-ring (bicyclic) bond motifs is 1. The third kappa shape index (κ3) is 3.41. The second-order valence-corrected chi connectivity index (χ2v) is 6.01. The highest BCUT2D eigenvalue weighted by Crippen LogP contribution is 2.03. The van der Waals surface area contributed by atoms with Gasteiger partial charge in [-0.1, -0.05) is 5.21 Å². The molecule has 0 amide bonds. The first-order chi connectivity index (χ1) is 9.38. The molecule has 0 saturated carbocycles. The van der Waals surface area contributed by atoms with Crippen molar-refractivity contribution < 1.29 is 0 Å². The van der Waals surface area contributed by atoms with Crippen molar-refractivity contribution in [3.63, 3.8) is 0 Å². The predicted molar refractivity (Wildman–Crippen MR) is 77.6 cm³/mol. The molecule has 0 aromatic carbocycles. The molecule has 20 heavy (non-hydrogen) atoms. The summed E-state index contributed by atoms with van der Waals surface area (Å²) in [5.74, 6) is 0. The molecule has 0 fully saturated rings. The lowest BCUT2D eigenvalue weighted by Crippen LogP contribution is -2.36. The van der Waals surface area contributed by atoms with E-state index >= 15 is 0 Å². The zero-order chi connectivity index (χ0) is 14.8. The highest BCUT2D eigenvalue weighted by Gasteiger charge is 2.10. The summed E-state index contributed by atoms with van der Waals surface area (Å²) in [7, 11) is 1.75. The Bertz CT molecular complexity index is 636. The van der Waals surface area contributed by atoms with Crippen molar-refractivity contribution in [2.75, 3.05) is 6.54 Å². The molecule has 0 spiro atoms. The molecule has 7 heteroatoms. The maximum absolute atomic E-state index is 12.2. The Labute approximate surface area is 118 Å². The Morgan fingerprint density at radius 1 is 1.30 bits per heavy atom. The summed E-state index contributed by atoms with van der Waals surface area (Å²) in [5, 5.41) is 16.0. The highest BCUT2D eigenvalue weighted by atomic mass is 16.1. The maximum Gasteiger partial charge on any atom is 0.280 e. The zero-order valence-electron chi connectivity index (χ0n) is 12.6. The summed E-state index contributed by atoms with van der Waals surface area (Å²) in [6.07, 6.45) is 3.43. The fourth-order valence-corrected chi connectivity index (χ4v) is 1.97. The number of hydrogen-bond donors (Lipinski definition) is 1. The van der Waals surface area contributed by atoms with Gasteiger partial charge in [0.05, 0.1) is 6.20 Å². The summed E-state index contributed by atoms with van der Waals surface area (Å²) in [6.45, 7) is 7.93. The molecule has 1 N–H and O–H groups in total. The Morgan fingerprint density at radius 3 is 2.75 bits per heavy atom. The standard InChI is InChI=1S/C13H22N6O/c1-13(2,3)14-7-5-6-8-19-12(20)10-9-15-18(4)11(10)16-17-19/h9,14H,5-8H2,1-4H3. The molecule has 0 aliphatic heterocycles. The van der Waals surface area contributed by atoms with Crippen molar-refractivity contribution in [3.05, 3.63) is 16.6 Å². The number of hydrogen-bond acceptors (Lipinski definition) is 5. The van der Waals surface area contributed by atoms with E-state index in [1.54, 1.807) is 17.9 Å². The number of aryl methyl sites for hydroxylation is 2. The minimum absolute atomic E-state index is 0.119. The van der Waals surface area contributed by atoms with Crippen LogP contribution in [0.15, 0.2) is 11.0 Å². The molecule has 0 aliphatic carbocycles. The van der Waals surface area contributed by atoms with Gasteiger partial charge in [0.2, 0.25) is 0 Å². The third-order valence-corrected chi connectivity index (χ3v) is 3.07. The molecule has 0 unspecified atom stereocenters. The molecule has 2 rings (SSSR count). The highest BCUT2D eigenvalue weighted by molar-refractivity contribution is 5.72. The van der Waals surface area contributed by atoms with Gasteiger partial charge in [-0.2, -0.15) is 5.10 Å². The first-order valence-electron chi connectivity index (χ1n) is 6.89. The van der Waals surface area contributed by atoms with Gasteiger partial charge in [0.1, 0.15) is 5.39 Å². The Hall–Kier alpha value is -1.76. The van der Waals surface area contributed by atoms with Crippen LogP contribution in [0.1, 0.15) is 33.6 Å². The van der Waals surface area contributed by atoms with Crippen LogP contribution in [0.5, 0.6) is 0 Å². The van der Waals surface area contributed by atoms with Gasteiger partial charge < -0.3 is 5.32 Å². The van der Waals surface area contributed by atoms with Crippen LogP contribution < -0.4 is 10.9 Å². The minimum Gasteiger partial charge on any atom is -0.312 e. The van der Waals surface area contributed by atoms with Gasteiger partial charge in [-0.15, -0.1) is 5.10 Å². The topological polar surface area (TPSA) is 77.6 Å². The first-order valence-corrected chi connectivity index (χ1v) is 6.89. The largest absolute Gasteiger partial charge is 0.312 e. The molecule has 0 atom stereocenters. The van der Waals surface area contributed by atoms with Crippen LogP contribution in [0.25, 0.3) is 11.0 Å². The predicted octanol–water partition coefficient (Wildman–Crippen LogP) is 0.693. The van der Waals surface area contributed by atoms with E-state index in [0.29, 0.717) is 17.6 Å². The van der Waals surface area contributed by atoms with E-state index in [1.165, 1.54) is 4.68 Å². The molecule has 2 aromatic heterocycles. The number of nitrogens with zero attached hydrogens (tertiary/aromatic N) is 5. The molecule has 7 nitrogen and oxygen atoms in total. The van der Waals surface area contributed by atoms with Crippen LogP contribution in [-0.2, 0) is 13.6 Å². The number of aromatic nitrogens is 5. The Balaban J connectivity index is 1.94. The summed E-state index contributed by atoms with van der Waals surface area (Å²) in [6, 6.07) is 0. The number of rotatable bonds is 5. The molecule has 110 valence electrons. The normalized spacial score (nSPS) is 12.2. The third-order valence-electron chi connectivity index (χ3n) is 3.07. The summed E-state index contributed by atoms with van der Waals surface area (Å²) in [4.78, 5) is 12.2. The first kappa shape index (κ1) is 14.6. The van der Waals surface area contributed by atoms with Gasteiger partial charge in [-0.25, -0.2) is 9.36 Å². The minimum atomic E-state index is -0.119. The lowest BCUT2D eigenvalue weighted by atomic mass is 10.1. The van der Waals surface area contributed by atoms with Crippen molar-refractivity contribution in [2.45, 2.75) is 45.7 Å². The van der Waals surface area contributed by atoms with Crippen molar-refractivity contribution in [3.8, 4) is 0 Å². The van der Waals surface area contributed by atoms with Gasteiger partial charge >= 0.3 is 0 Å². The van der Waals surface area contributed by atoms with Crippen LogP contribution in [0.2, 0.25) is 0 Å². The van der Waals surface area contributed by atoms with Crippen molar-refractivity contribution >= 4 is 11.0 Å². The molecule has 2 aromatic rings. The average molecular weight is 278 g/mol. The van der Waals surface area contributed by atoms with Crippen LogP contribution >= 0.6 is 0 Å². The van der Waals surface area contributed by atoms with Gasteiger partial charge in [-0.05, 0) is 40.2 Å². The van der Waals surface area contributed by atoms with E-state index in [-0.39, 0.29) is 11.1 Å². The van der Waals surface area contributed by atoms with Gasteiger partial charge in [0.15, 0.2) is 5.65 Å². The molecule has 0 bridgehead atoms. The number of nitrogens with one attached hydrogen (secondary N) is 1. The Kier molecular flexibility index (Phi) is 4.17. The second-order valence-electron chi connectivity index (χ2n) is 6.01. The lowest BCUT2D eigenvalue weighted by molar-refractivity contribution is 0.408. The van der Waals surface area contributed by atoms with Gasteiger partial charge in [-0.3, -0.25) is 4.79 Å². The maximum atomic E-state index is 12.2. The van der Waals surface area contributed by atoms with Crippen molar-refractivity contribution in [2.24, 2.45) is 7.05 Å². The summed E-state index contributed by atoms with van der Waals surface area (Å²) >= 11 is 0. The lowest BCUT2D eigenvalue weighted by Gasteiger charge is -2.20. The van der Waals surface area contributed by atoms with Gasteiger partial charge in [0.25, 0.3) is 5.56 Å². The van der Waals surface area contributed by atoms with Crippen LogP contribution in [-0.4, -0.2) is 36.9 Å². The fourth-order valence-electron chi connectivity index (χ4n) is 1.97. The zero-order valence-corrected chi connectivity index (χ0v) is 12.6. The fraction of sp³-hybridized carbons (Fsp3) is 0.692. The molecular weight excluding hydrogens is 256 g/mol. The van der Waals surface area contributed by atoms with Crippen LogP contribution in [0.3, 0.4) is 0 Å². The average Bonchev–Trinajstić information content (AvgIpc) is 2.73. The Morgan fingerprint density at radius 2 is 2.05 bits per heavy atom. The summed E-state index contributed by atoms with van der Waals surface area (Å²) in [5.41, 5.74) is 0.540. The smallest absolute Gasteiger partial charge is 0.280 e. The molecule has 0 saturated heterocycles. The van der Waals surface area contributed by atoms with E-state index in [9.17, 15) is 4.79 Å². The quantitative estimate of drug-likeness (QED) is 0.814. The SMILES string of the molecule is Cn1ncc2c(=O)n(CCCCNC(C)(C)C)nnc21. The van der Waals surface area contributed by atoms with E-state index in [4.69, 9.17) is 0 Å². The number of unbranched alkanes of at least 4 members (excludes halogenated alkanes) is 1. The molecule has 0 radical (unpaired) electrons. The van der Waals surface area contributed by atoms with Crippen LogP contribution in [0.4, 0.5) is 0 Å². The van der Waals surface area contributed by atoms with E-state index < -0.39 is 0 Å². The second kappa shape index (κ2) is 5.70. The van der Waals surface area contributed by atoms with Crippen molar-refractivity contribution in [1.82, 2.24) is 30.1 Å². The molecule has 2 heterocycles. The van der Waals surface area contributed by atoms with E-state index in [0.717, 1.165) is 19.4 Å². The van der Waals surface area contributed by atoms with E-state index in [1.807, 2.05) is 0 Å². The monoisotopic (exact) mass is 278 g/mol. The van der Waals surface area contributed by atoms with Gasteiger partial charge in [0, 0.05) is 19.1 Å². The molecular formula is C13H22N6O. The van der Waals surface area contributed by atoms with E-state index in [2.05, 4.69) is 41.5 Å². The van der Waals surface area contributed by atoms with Crippen molar-refractivity contribution in [1.29, 1.82) is 0 Å². The summed E-state index contributed by atoms with van der Waals surface area (Å²) < 4.78 is 2.97.